The zero-order chi connectivity index (χ0) is 16.2. The maximum absolute atomic E-state index is 12.2. The summed E-state index contributed by atoms with van der Waals surface area (Å²) in [4.78, 5) is 25.8. The number of nitrogens with zero attached hydrogens (tertiary/aromatic N) is 2. The Morgan fingerprint density at radius 2 is 2.00 bits per heavy atom. The third kappa shape index (κ3) is 3.37. The molecule has 1 amide bonds. The predicted octanol–water partition coefficient (Wildman–Crippen LogP) is 1.80. The maximum Gasteiger partial charge on any atom is 0.272 e. The lowest BCUT2D eigenvalue weighted by molar-refractivity contribution is 0.0945. The molecule has 0 spiro atoms. The van der Waals surface area contributed by atoms with Gasteiger partial charge in [0.05, 0.1) is 5.69 Å². The molecule has 6 nitrogen and oxygen atoms in total. The van der Waals surface area contributed by atoms with Gasteiger partial charge in [0.15, 0.2) is 5.69 Å². The first-order valence-corrected chi connectivity index (χ1v) is 7.21. The third-order valence-corrected chi connectivity index (χ3v) is 3.42. The van der Waals surface area contributed by atoms with Crippen LogP contribution < -0.4 is 10.9 Å². The fourth-order valence-corrected chi connectivity index (χ4v) is 2.24. The number of carbonyl (C=O) groups excluding carboxylic acids is 1. The van der Waals surface area contributed by atoms with Gasteiger partial charge in [-0.3, -0.25) is 9.59 Å². The molecule has 23 heavy (non-hydrogen) atoms. The second-order valence-electron chi connectivity index (χ2n) is 5.16. The first kappa shape index (κ1) is 14.8. The van der Waals surface area contributed by atoms with Crippen LogP contribution in [0, 0.1) is 6.92 Å². The SMILES string of the molecule is Cc1cc(C(=O)NCc2ccc(=O)[nH]c2)nn1-c1ccccc1. The molecule has 3 rings (SSSR count). The number of aromatic amines is 1. The predicted molar refractivity (Wildman–Crippen MR) is 86.5 cm³/mol. The molecule has 0 radical (unpaired) electrons. The Morgan fingerprint density at radius 1 is 1.22 bits per heavy atom. The molecule has 1 aromatic carbocycles. The van der Waals surface area contributed by atoms with Crippen molar-refractivity contribution in [3.05, 3.63) is 82.0 Å². The third-order valence-electron chi connectivity index (χ3n) is 3.42. The van der Waals surface area contributed by atoms with Gasteiger partial charge in [0.2, 0.25) is 5.56 Å². The first-order valence-electron chi connectivity index (χ1n) is 7.21. The Balaban J connectivity index is 1.73. The van der Waals surface area contributed by atoms with Gasteiger partial charge in [0.25, 0.3) is 5.91 Å². The van der Waals surface area contributed by atoms with Gasteiger partial charge >= 0.3 is 0 Å². The number of aromatic nitrogens is 3. The summed E-state index contributed by atoms with van der Waals surface area (Å²) in [7, 11) is 0. The average molecular weight is 308 g/mol. The summed E-state index contributed by atoms with van der Waals surface area (Å²) < 4.78 is 1.73. The molecule has 0 atom stereocenters. The summed E-state index contributed by atoms with van der Waals surface area (Å²) in [5.74, 6) is -0.256. The van der Waals surface area contributed by atoms with E-state index >= 15 is 0 Å². The van der Waals surface area contributed by atoms with Gasteiger partial charge in [-0.1, -0.05) is 24.3 Å². The van der Waals surface area contributed by atoms with Gasteiger partial charge in [-0.2, -0.15) is 5.10 Å². The van der Waals surface area contributed by atoms with Crippen molar-refractivity contribution in [1.82, 2.24) is 20.1 Å². The molecule has 2 N–H and O–H groups in total. The van der Waals surface area contributed by atoms with Crippen molar-refractivity contribution in [3.63, 3.8) is 0 Å². The van der Waals surface area contributed by atoms with Gasteiger partial charge in [0.1, 0.15) is 0 Å². The van der Waals surface area contributed by atoms with E-state index in [-0.39, 0.29) is 11.5 Å². The van der Waals surface area contributed by atoms with E-state index in [2.05, 4.69) is 15.4 Å². The molecule has 0 saturated carbocycles. The van der Waals surface area contributed by atoms with Crippen LogP contribution in [0.25, 0.3) is 5.69 Å². The van der Waals surface area contributed by atoms with E-state index in [1.165, 1.54) is 6.07 Å². The minimum absolute atomic E-state index is 0.169. The van der Waals surface area contributed by atoms with Crippen LogP contribution >= 0.6 is 0 Å². The lowest BCUT2D eigenvalue weighted by atomic mass is 10.3. The van der Waals surface area contributed by atoms with Crippen molar-refractivity contribution in [3.8, 4) is 5.69 Å². The van der Waals surface area contributed by atoms with Crippen LogP contribution in [-0.4, -0.2) is 20.7 Å². The molecule has 0 saturated heterocycles. The molecule has 0 aliphatic rings. The highest BCUT2D eigenvalue weighted by molar-refractivity contribution is 5.92. The number of H-pyrrole nitrogens is 1. The summed E-state index contributed by atoms with van der Waals surface area (Å²) in [5.41, 5.74) is 2.79. The smallest absolute Gasteiger partial charge is 0.272 e. The lowest BCUT2D eigenvalue weighted by Crippen LogP contribution is -2.23. The number of hydrogen-bond acceptors (Lipinski definition) is 3. The van der Waals surface area contributed by atoms with Crippen molar-refractivity contribution in [1.29, 1.82) is 0 Å². The fraction of sp³-hybridized carbons (Fsp3) is 0.118. The van der Waals surface area contributed by atoms with Crippen molar-refractivity contribution >= 4 is 5.91 Å². The molecule has 6 heteroatoms. The van der Waals surface area contributed by atoms with E-state index < -0.39 is 0 Å². The Kier molecular flexibility index (Phi) is 4.05. The number of nitrogens with one attached hydrogen (secondary N) is 2. The van der Waals surface area contributed by atoms with Crippen LogP contribution in [0.15, 0.2) is 59.5 Å². The molecule has 0 unspecified atom stereocenters. The molecule has 116 valence electrons. The largest absolute Gasteiger partial charge is 0.347 e. The van der Waals surface area contributed by atoms with E-state index in [1.54, 1.807) is 23.0 Å². The second kappa shape index (κ2) is 6.31. The summed E-state index contributed by atoms with van der Waals surface area (Å²) in [5, 5.41) is 7.14. The van der Waals surface area contributed by atoms with Gasteiger partial charge in [-0.05, 0) is 30.7 Å². The second-order valence-corrected chi connectivity index (χ2v) is 5.16. The van der Waals surface area contributed by atoms with E-state index in [0.29, 0.717) is 12.2 Å². The van der Waals surface area contributed by atoms with E-state index in [9.17, 15) is 9.59 Å². The van der Waals surface area contributed by atoms with Crippen LogP contribution in [-0.2, 0) is 6.54 Å². The van der Waals surface area contributed by atoms with Gasteiger partial charge in [-0.25, -0.2) is 4.68 Å². The fourth-order valence-electron chi connectivity index (χ4n) is 2.24. The van der Waals surface area contributed by atoms with Crippen molar-refractivity contribution in [2.24, 2.45) is 0 Å². The topological polar surface area (TPSA) is 79.8 Å². The number of carbonyl (C=O) groups is 1. The van der Waals surface area contributed by atoms with Crippen molar-refractivity contribution < 1.29 is 4.79 Å². The van der Waals surface area contributed by atoms with Crippen LogP contribution in [0.2, 0.25) is 0 Å². The molecule has 0 bridgehead atoms. The summed E-state index contributed by atoms with van der Waals surface area (Å²) in [6.07, 6.45) is 1.58. The highest BCUT2D eigenvalue weighted by Crippen LogP contribution is 2.11. The zero-order valence-electron chi connectivity index (χ0n) is 12.6. The standard InChI is InChI=1S/C17H16N4O2/c1-12-9-15(20-21(12)14-5-3-2-4-6-14)17(23)19-11-13-7-8-16(22)18-10-13/h2-10H,11H2,1H3,(H,18,22)(H,19,23). The number of hydrogen-bond donors (Lipinski definition) is 2. The molecule has 0 aliphatic heterocycles. The average Bonchev–Trinajstić information content (AvgIpc) is 2.97. The number of benzene rings is 1. The Morgan fingerprint density at radius 3 is 2.70 bits per heavy atom. The normalized spacial score (nSPS) is 10.5. The van der Waals surface area contributed by atoms with Gasteiger partial charge in [-0.15, -0.1) is 0 Å². The van der Waals surface area contributed by atoms with Crippen molar-refractivity contribution in [2.75, 3.05) is 0 Å². The molecule has 2 aromatic heterocycles. The van der Waals surface area contributed by atoms with Crippen LogP contribution in [0.1, 0.15) is 21.7 Å². The number of rotatable bonds is 4. The maximum atomic E-state index is 12.2. The Labute approximate surface area is 132 Å². The molecule has 0 fully saturated rings. The molecular formula is C17H16N4O2. The highest BCUT2D eigenvalue weighted by Gasteiger charge is 2.12. The number of pyridine rings is 1. The van der Waals surface area contributed by atoms with E-state index in [1.807, 2.05) is 37.3 Å². The first-order chi connectivity index (χ1) is 11.1. The number of para-hydroxylation sites is 1. The summed E-state index contributed by atoms with van der Waals surface area (Å²) >= 11 is 0. The molecule has 0 aliphatic carbocycles. The molecule has 3 aromatic rings. The number of aryl methyl sites for hydroxylation is 1. The minimum Gasteiger partial charge on any atom is -0.347 e. The Bertz CT molecular complexity index is 861. The van der Waals surface area contributed by atoms with Gasteiger partial charge < -0.3 is 10.3 Å². The quantitative estimate of drug-likeness (QED) is 0.771. The van der Waals surface area contributed by atoms with Gasteiger partial charge in [0, 0.05) is 24.5 Å². The van der Waals surface area contributed by atoms with Crippen LogP contribution in [0.4, 0.5) is 0 Å². The van der Waals surface area contributed by atoms with Crippen molar-refractivity contribution in [2.45, 2.75) is 13.5 Å². The summed E-state index contributed by atoms with van der Waals surface area (Å²) in [6, 6.07) is 14.5. The Hall–Kier alpha value is -3.15. The monoisotopic (exact) mass is 308 g/mol. The van der Waals surface area contributed by atoms with E-state index in [4.69, 9.17) is 0 Å². The minimum atomic E-state index is -0.256. The van der Waals surface area contributed by atoms with Crippen LogP contribution in [0.5, 0.6) is 0 Å². The zero-order valence-corrected chi connectivity index (χ0v) is 12.6. The van der Waals surface area contributed by atoms with Crippen LogP contribution in [0.3, 0.4) is 0 Å². The lowest BCUT2D eigenvalue weighted by Gasteiger charge is -2.04. The highest BCUT2D eigenvalue weighted by atomic mass is 16.2. The molecule has 2 heterocycles. The summed E-state index contributed by atoms with van der Waals surface area (Å²) in [6.45, 7) is 2.23. The number of amides is 1. The molecular weight excluding hydrogens is 292 g/mol. The van der Waals surface area contributed by atoms with E-state index in [0.717, 1.165) is 16.9 Å².